The normalized spacial score (nSPS) is 16.6. The van der Waals surface area contributed by atoms with Crippen molar-refractivity contribution in [2.24, 2.45) is 5.92 Å². The van der Waals surface area contributed by atoms with Crippen LogP contribution in [0.4, 0.5) is 5.82 Å². The highest BCUT2D eigenvalue weighted by Crippen LogP contribution is 2.23. The molecule has 20 heavy (non-hydrogen) atoms. The minimum atomic E-state index is 0.867. The number of hydrogen-bond donors (Lipinski definition) is 1. The van der Waals surface area contributed by atoms with Gasteiger partial charge in [0.1, 0.15) is 5.82 Å². The van der Waals surface area contributed by atoms with Crippen molar-refractivity contribution in [3.63, 3.8) is 0 Å². The molecule has 2 rings (SSSR count). The molecule has 0 amide bonds. The van der Waals surface area contributed by atoms with Crippen LogP contribution in [0.25, 0.3) is 0 Å². The van der Waals surface area contributed by atoms with Crippen molar-refractivity contribution < 1.29 is 0 Å². The molecule has 2 heterocycles. The van der Waals surface area contributed by atoms with Crippen LogP contribution in [-0.4, -0.2) is 24.6 Å². The maximum Gasteiger partial charge on any atom is 0.129 e. The topological polar surface area (TPSA) is 28.2 Å². The number of piperidine rings is 1. The molecule has 112 valence electrons. The minimum Gasteiger partial charge on any atom is -0.357 e. The van der Waals surface area contributed by atoms with Crippen LogP contribution in [0.1, 0.15) is 51.3 Å². The van der Waals surface area contributed by atoms with E-state index in [-0.39, 0.29) is 0 Å². The lowest BCUT2D eigenvalue weighted by Gasteiger charge is -2.31. The third-order valence-corrected chi connectivity index (χ3v) is 4.15. The predicted octanol–water partition coefficient (Wildman–Crippen LogP) is 3.38. The Hall–Kier alpha value is -1.09. The van der Waals surface area contributed by atoms with Gasteiger partial charge in [-0.25, -0.2) is 4.98 Å². The van der Waals surface area contributed by atoms with Crippen molar-refractivity contribution in [3.05, 3.63) is 23.4 Å². The zero-order valence-corrected chi connectivity index (χ0v) is 13.3. The molecule has 0 aromatic carbocycles. The molecular formula is C17H29N3. The summed E-state index contributed by atoms with van der Waals surface area (Å²) < 4.78 is 0. The van der Waals surface area contributed by atoms with Crippen LogP contribution in [0.3, 0.4) is 0 Å². The fourth-order valence-corrected chi connectivity index (χ4v) is 2.73. The molecular weight excluding hydrogens is 246 g/mol. The van der Waals surface area contributed by atoms with Crippen LogP contribution in [0.2, 0.25) is 0 Å². The van der Waals surface area contributed by atoms with E-state index >= 15 is 0 Å². The summed E-state index contributed by atoms with van der Waals surface area (Å²) in [5.74, 6) is 2.05. The fourth-order valence-electron chi connectivity index (χ4n) is 2.73. The Morgan fingerprint density at radius 2 is 2.00 bits per heavy atom. The van der Waals surface area contributed by atoms with Gasteiger partial charge in [0.2, 0.25) is 0 Å². The van der Waals surface area contributed by atoms with Gasteiger partial charge in [0.25, 0.3) is 0 Å². The first-order valence-corrected chi connectivity index (χ1v) is 8.18. The Labute approximate surface area is 123 Å². The number of rotatable bonds is 6. The van der Waals surface area contributed by atoms with Gasteiger partial charge in [-0.3, -0.25) is 0 Å². The quantitative estimate of drug-likeness (QED) is 0.807. The van der Waals surface area contributed by atoms with Crippen LogP contribution < -0.4 is 10.2 Å². The van der Waals surface area contributed by atoms with E-state index in [9.17, 15) is 0 Å². The summed E-state index contributed by atoms with van der Waals surface area (Å²) in [4.78, 5) is 7.29. The Bertz CT molecular complexity index is 409. The molecule has 1 aliphatic rings. The molecule has 1 fully saturated rings. The van der Waals surface area contributed by atoms with Gasteiger partial charge >= 0.3 is 0 Å². The van der Waals surface area contributed by atoms with Gasteiger partial charge < -0.3 is 10.2 Å². The number of nitrogens with one attached hydrogen (secondary N) is 1. The lowest BCUT2D eigenvalue weighted by Crippen LogP contribution is -2.33. The molecule has 3 heteroatoms. The molecule has 0 saturated carbocycles. The Morgan fingerprint density at radius 3 is 2.65 bits per heavy atom. The standard InChI is InChI=1S/C17H29N3/c1-4-8-18-13-15-11-16(5-2)19-17(12-15)20-9-6-14(3)7-10-20/h11-12,14,18H,4-10,13H2,1-3H3. The lowest BCUT2D eigenvalue weighted by molar-refractivity contribution is 0.436. The number of nitrogens with zero attached hydrogens (tertiary/aromatic N) is 2. The van der Waals surface area contributed by atoms with E-state index in [1.807, 2.05) is 0 Å². The Morgan fingerprint density at radius 1 is 1.25 bits per heavy atom. The summed E-state index contributed by atoms with van der Waals surface area (Å²) in [6.07, 6.45) is 4.78. The number of hydrogen-bond acceptors (Lipinski definition) is 3. The summed E-state index contributed by atoms with van der Waals surface area (Å²) in [5, 5.41) is 3.49. The van der Waals surface area contributed by atoms with Crippen LogP contribution in [0, 0.1) is 5.92 Å². The first-order valence-electron chi connectivity index (χ1n) is 8.18. The summed E-state index contributed by atoms with van der Waals surface area (Å²) in [5.41, 5.74) is 2.59. The third-order valence-electron chi connectivity index (χ3n) is 4.15. The first kappa shape index (κ1) is 15.3. The summed E-state index contributed by atoms with van der Waals surface area (Å²) in [6, 6.07) is 4.52. The van der Waals surface area contributed by atoms with E-state index in [2.05, 4.69) is 43.1 Å². The molecule has 1 saturated heterocycles. The number of anilines is 1. The summed E-state index contributed by atoms with van der Waals surface area (Å²) in [7, 11) is 0. The van der Waals surface area contributed by atoms with Crippen molar-refractivity contribution in [2.45, 2.75) is 53.0 Å². The molecule has 0 bridgehead atoms. The second kappa shape index (κ2) is 7.63. The van der Waals surface area contributed by atoms with Crippen molar-refractivity contribution in [3.8, 4) is 0 Å². The fraction of sp³-hybridized carbons (Fsp3) is 0.706. The average Bonchev–Trinajstić information content (AvgIpc) is 2.48. The van der Waals surface area contributed by atoms with Crippen molar-refractivity contribution in [2.75, 3.05) is 24.5 Å². The molecule has 0 radical (unpaired) electrons. The van der Waals surface area contributed by atoms with Gasteiger partial charge in [0.15, 0.2) is 0 Å². The third kappa shape index (κ3) is 4.20. The molecule has 0 atom stereocenters. The Balaban J connectivity index is 2.08. The van der Waals surface area contributed by atoms with Gasteiger partial charge in [0, 0.05) is 25.3 Å². The molecule has 1 aromatic heterocycles. The van der Waals surface area contributed by atoms with Crippen LogP contribution in [-0.2, 0) is 13.0 Å². The van der Waals surface area contributed by atoms with Crippen LogP contribution in [0.5, 0.6) is 0 Å². The first-order chi connectivity index (χ1) is 9.72. The van der Waals surface area contributed by atoms with Crippen molar-refractivity contribution in [1.29, 1.82) is 0 Å². The molecule has 1 aliphatic heterocycles. The molecule has 1 aromatic rings. The van der Waals surface area contributed by atoms with E-state index in [0.717, 1.165) is 38.5 Å². The van der Waals surface area contributed by atoms with Gasteiger partial charge in [-0.1, -0.05) is 20.8 Å². The molecule has 0 aliphatic carbocycles. The van der Waals surface area contributed by atoms with Crippen LogP contribution >= 0.6 is 0 Å². The van der Waals surface area contributed by atoms with E-state index in [1.165, 1.54) is 36.3 Å². The lowest BCUT2D eigenvalue weighted by atomic mass is 9.99. The van der Waals surface area contributed by atoms with Gasteiger partial charge in [0.05, 0.1) is 0 Å². The van der Waals surface area contributed by atoms with Crippen molar-refractivity contribution >= 4 is 5.82 Å². The SMILES string of the molecule is CCCNCc1cc(CC)nc(N2CCC(C)CC2)c1. The summed E-state index contributed by atoms with van der Waals surface area (Å²) in [6.45, 7) is 11.1. The second-order valence-electron chi connectivity index (χ2n) is 6.02. The number of pyridine rings is 1. The van der Waals surface area contributed by atoms with E-state index < -0.39 is 0 Å². The second-order valence-corrected chi connectivity index (χ2v) is 6.02. The highest BCUT2D eigenvalue weighted by molar-refractivity contribution is 5.43. The smallest absolute Gasteiger partial charge is 0.129 e. The average molecular weight is 275 g/mol. The highest BCUT2D eigenvalue weighted by Gasteiger charge is 2.17. The maximum absolute atomic E-state index is 4.83. The largest absolute Gasteiger partial charge is 0.357 e. The molecule has 3 nitrogen and oxygen atoms in total. The predicted molar refractivity (Wildman–Crippen MR) is 86.2 cm³/mol. The molecule has 0 spiro atoms. The Kier molecular flexibility index (Phi) is 5.84. The van der Waals surface area contributed by atoms with E-state index in [1.54, 1.807) is 0 Å². The number of aryl methyl sites for hydroxylation is 1. The van der Waals surface area contributed by atoms with E-state index in [0.29, 0.717) is 0 Å². The molecule has 0 unspecified atom stereocenters. The highest BCUT2D eigenvalue weighted by atomic mass is 15.2. The van der Waals surface area contributed by atoms with Crippen molar-refractivity contribution in [1.82, 2.24) is 10.3 Å². The molecule has 1 N–H and O–H groups in total. The van der Waals surface area contributed by atoms with E-state index in [4.69, 9.17) is 4.98 Å². The zero-order valence-electron chi connectivity index (χ0n) is 13.3. The van der Waals surface area contributed by atoms with Gasteiger partial charge in [-0.15, -0.1) is 0 Å². The number of aromatic nitrogens is 1. The van der Waals surface area contributed by atoms with Gasteiger partial charge in [-0.2, -0.15) is 0 Å². The monoisotopic (exact) mass is 275 g/mol. The summed E-state index contributed by atoms with van der Waals surface area (Å²) >= 11 is 0. The van der Waals surface area contributed by atoms with Gasteiger partial charge in [-0.05, 0) is 55.8 Å². The zero-order chi connectivity index (χ0) is 14.4. The van der Waals surface area contributed by atoms with Crippen LogP contribution in [0.15, 0.2) is 12.1 Å². The minimum absolute atomic E-state index is 0.867. The maximum atomic E-state index is 4.83.